The van der Waals surface area contributed by atoms with Crippen LogP contribution in [0.2, 0.25) is 0 Å². The summed E-state index contributed by atoms with van der Waals surface area (Å²) in [5.41, 5.74) is 0.719. The number of amides is 2. The van der Waals surface area contributed by atoms with Gasteiger partial charge in [0.05, 0.1) is 18.6 Å². The SMILES string of the molecule is CC1=C\[C@@H](O)C[C@@H](O)Cc2nc(co2)C(=O)N[C@H](C)C(=O)OC(C(C)C)[C@H](C)/C=C\C(=O)NC\C=C\1. The van der Waals surface area contributed by atoms with Crippen LogP contribution in [0.1, 0.15) is 57.4 Å². The molecule has 5 atom stereocenters. The lowest BCUT2D eigenvalue weighted by Crippen LogP contribution is -2.42. The Morgan fingerprint density at radius 2 is 1.86 bits per heavy atom. The Morgan fingerprint density at radius 3 is 2.56 bits per heavy atom. The number of aliphatic hydroxyl groups excluding tert-OH is 2. The summed E-state index contributed by atoms with van der Waals surface area (Å²) in [7, 11) is 0. The highest BCUT2D eigenvalue weighted by Gasteiger charge is 2.28. The van der Waals surface area contributed by atoms with Crippen LogP contribution in [0.3, 0.4) is 0 Å². The number of fused-ring (bicyclic) bond motifs is 2. The lowest BCUT2D eigenvalue weighted by Gasteiger charge is -2.27. The van der Waals surface area contributed by atoms with Gasteiger partial charge in [0.2, 0.25) is 5.91 Å². The number of ether oxygens (including phenoxy) is 1. The second-order valence-electron chi connectivity index (χ2n) is 9.40. The molecule has 36 heavy (non-hydrogen) atoms. The molecule has 10 heteroatoms. The molecule has 2 bridgehead atoms. The zero-order valence-corrected chi connectivity index (χ0v) is 21.4. The normalized spacial score (nSPS) is 30.9. The molecule has 0 saturated heterocycles. The summed E-state index contributed by atoms with van der Waals surface area (Å²) < 4.78 is 10.9. The van der Waals surface area contributed by atoms with Gasteiger partial charge >= 0.3 is 5.97 Å². The molecule has 0 fully saturated rings. The standard InChI is InChI=1S/C26H37N3O7/c1-15(2)24-17(4)8-9-22(32)27-10-6-7-16(3)11-19(30)12-20(31)13-23-29-21(14-35-23)25(33)28-18(5)26(34)36-24/h6-9,11,14-15,17-20,24,30-31H,10,12-13H2,1-5H3,(H,27,32)(H,28,33)/b7-6+,9-8-,16-11+/t17-,18-,19-,20-,24?/m1/s1. The molecule has 2 rings (SSSR count). The first kappa shape index (κ1) is 29.0. The lowest BCUT2D eigenvalue weighted by molar-refractivity contribution is -0.155. The summed E-state index contributed by atoms with van der Waals surface area (Å²) in [6, 6.07) is -0.956. The minimum Gasteiger partial charge on any atom is -0.460 e. The van der Waals surface area contributed by atoms with E-state index >= 15 is 0 Å². The van der Waals surface area contributed by atoms with Gasteiger partial charge < -0.3 is 30.0 Å². The number of cyclic esters (lactones) is 1. The highest BCUT2D eigenvalue weighted by molar-refractivity contribution is 5.94. The van der Waals surface area contributed by atoms with E-state index in [0.29, 0.717) is 0 Å². The quantitative estimate of drug-likeness (QED) is 0.424. The van der Waals surface area contributed by atoms with Gasteiger partial charge in [-0.2, -0.15) is 0 Å². The van der Waals surface area contributed by atoms with Crippen molar-refractivity contribution in [2.75, 3.05) is 6.54 Å². The second kappa shape index (κ2) is 13.7. The van der Waals surface area contributed by atoms with Crippen LogP contribution in [0.15, 0.2) is 46.6 Å². The lowest BCUT2D eigenvalue weighted by atomic mass is 9.94. The zero-order chi connectivity index (χ0) is 26.8. The molecule has 198 valence electrons. The van der Waals surface area contributed by atoms with Crippen molar-refractivity contribution in [1.82, 2.24) is 15.6 Å². The number of aromatic nitrogens is 1. The molecule has 0 aromatic carbocycles. The fraction of sp³-hybridized carbons (Fsp3) is 0.538. The van der Waals surface area contributed by atoms with Gasteiger partial charge in [0.1, 0.15) is 18.4 Å². The summed E-state index contributed by atoms with van der Waals surface area (Å²) in [5, 5.41) is 25.8. The van der Waals surface area contributed by atoms with E-state index in [4.69, 9.17) is 9.15 Å². The third-order valence-electron chi connectivity index (χ3n) is 5.62. The number of nitrogens with zero attached hydrogens (tertiary/aromatic N) is 1. The van der Waals surface area contributed by atoms with E-state index < -0.39 is 36.2 Å². The van der Waals surface area contributed by atoms with E-state index in [1.165, 1.54) is 13.0 Å². The number of esters is 1. The van der Waals surface area contributed by atoms with Crippen molar-refractivity contribution in [2.24, 2.45) is 11.8 Å². The first-order valence-corrected chi connectivity index (χ1v) is 12.1. The molecule has 10 nitrogen and oxygen atoms in total. The number of aliphatic hydroxyl groups is 2. The number of nitrogens with one attached hydrogen (secondary N) is 2. The predicted octanol–water partition coefficient (Wildman–Crippen LogP) is 1.84. The maximum Gasteiger partial charge on any atom is 0.328 e. The molecule has 4 N–H and O–H groups in total. The average molecular weight is 504 g/mol. The number of hydrogen-bond acceptors (Lipinski definition) is 8. The smallest absolute Gasteiger partial charge is 0.328 e. The van der Waals surface area contributed by atoms with Crippen molar-refractivity contribution in [3.63, 3.8) is 0 Å². The monoisotopic (exact) mass is 503 g/mol. The topological polar surface area (TPSA) is 151 Å². The van der Waals surface area contributed by atoms with Crippen LogP contribution in [-0.4, -0.2) is 63.9 Å². The molecule has 1 aromatic heterocycles. The molecular formula is C26H37N3O7. The molecular weight excluding hydrogens is 466 g/mol. The summed E-state index contributed by atoms with van der Waals surface area (Å²) >= 11 is 0. The van der Waals surface area contributed by atoms with Crippen LogP contribution in [0.4, 0.5) is 0 Å². The maximum atomic E-state index is 12.7. The summed E-state index contributed by atoms with van der Waals surface area (Å²) in [6.07, 6.45) is 6.98. The zero-order valence-electron chi connectivity index (χ0n) is 21.4. The largest absolute Gasteiger partial charge is 0.460 e. The molecule has 2 amide bonds. The van der Waals surface area contributed by atoms with Crippen LogP contribution in [0, 0.1) is 11.8 Å². The van der Waals surface area contributed by atoms with E-state index in [0.717, 1.165) is 11.8 Å². The Labute approximate surface area is 211 Å². The number of carbonyl (C=O) groups is 3. The van der Waals surface area contributed by atoms with Crippen molar-refractivity contribution >= 4 is 17.8 Å². The predicted molar refractivity (Wildman–Crippen MR) is 133 cm³/mol. The Hall–Kier alpha value is -3.24. The fourth-order valence-corrected chi connectivity index (χ4v) is 3.73. The van der Waals surface area contributed by atoms with Crippen molar-refractivity contribution in [3.8, 4) is 0 Å². The van der Waals surface area contributed by atoms with Gasteiger partial charge in [-0.15, -0.1) is 0 Å². The number of allylic oxidation sites excluding steroid dienone is 2. The highest BCUT2D eigenvalue weighted by Crippen LogP contribution is 2.19. The molecule has 0 radical (unpaired) electrons. The highest BCUT2D eigenvalue weighted by atomic mass is 16.5. The second-order valence-corrected chi connectivity index (χ2v) is 9.40. The summed E-state index contributed by atoms with van der Waals surface area (Å²) in [6.45, 7) is 9.24. The number of rotatable bonds is 1. The van der Waals surface area contributed by atoms with Crippen molar-refractivity contribution < 1.29 is 33.8 Å². The van der Waals surface area contributed by atoms with Crippen molar-refractivity contribution in [1.29, 1.82) is 0 Å². The molecule has 1 unspecified atom stereocenters. The fourth-order valence-electron chi connectivity index (χ4n) is 3.73. The molecule has 0 saturated carbocycles. The van der Waals surface area contributed by atoms with E-state index in [2.05, 4.69) is 15.6 Å². The van der Waals surface area contributed by atoms with Crippen molar-refractivity contribution in [2.45, 2.75) is 71.8 Å². The minimum absolute atomic E-state index is 0.00233. The number of carbonyl (C=O) groups excluding carboxylic acids is 3. The van der Waals surface area contributed by atoms with Gasteiger partial charge in [0.25, 0.3) is 5.91 Å². The van der Waals surface area contributed by atoms with Gasteiger partial charge in [-0.1, -0.05) is 50.6 Å². The molecule has 1 aliphatic rings. The van der Waals surface area contributed by atoms with Gasteiger partial charge in [-0.25, -0.2) is 9.78 Å². The Balaban J connectivity index is 2.24. The third kappa shape index (κ3) is 9.43. The Morgan fingerprint density at radius 1 is 1.14 bits per heavy atom. The minimum atomic E-state index is -0.959. The third-order valence-corrected chi connectivity index (χ3v) is 5.62. The summed E-state index contributed by atoms with van der Waals surface area (Å²) in [5.74, 6) is -1.70. The van der Waals surface area contributed by atoms with Gasteiger partial charge in [-0.05, 0) is 25.8 Å². The Kier molecular flexibility index (Phi) is 11.1. The van der Waals surface area contributed by atoms with Crippen molar-refractivity contribution in [3.05, 3.63) is 53.8 Å². The van der Waals surface area contributed by atoms with Gasteiger partial charge in [-0.3, -0.25) is 9.59 Å². The summed E-state index contributed by atoms with van der Waals surface area (Å²) in [4.78, 5) is 41.5. The molecule has 0 aliphatic carbocycles. The van der Waals surface area contributed by atoms with E-state index in [1.54, 1.807) is 31.2 Å². The van der Waals surface area contributed by atoms with Crippen LogP contribution >= 0.6 is 0 Å². The Bertz CT molecular complexity index is 995. The number of hydrogen-bond donors (Lipinski definition) is 4. The van der Waals surface area contributed by atoms with Crippen LogP contribution < -0.4 is 10.6 Å². The van der Waals surface area contributed by atoms with Crippen LogP contribution in [0.25, 0.3) is 0 Å². The molecule has 0 spiro atoms. The first-order chi connectivity index (χ1) is 17.0. The maximum absolute atomic E-state index is 12.7. The van der Waals surface area contributed by atoms with E-state index in [-0.39, 0.29) is 48.7 Å². The molecule has 1 aliphatic heterocycles. The number of oxazole rings is 1. The van der Waals surface area contributed by atoms with Crippen LogP contribution in [-0.2, 0) is 20.7 Å². The average Bonchev–Trinajstić information content (AvgIpc) is 3.25. The molecule has 1 aromatic rings. The van der Waals surface area contributed by atoms with Crippen LogP contribution in [0.5, 0.6) is 0 Å². The van der Waals surface area contributed by atoms with E-state index in [1.807, 2.05) is 20.8 Å². The molecule has 2 heterocycles. The first-order valence-electron chi connectivity index (χ1n) is 12.1. The van der Waals surface area contributed by atoms with Gasteiger partial charge in [0.15, 0.2) is 11.6 Å². The van der Waals surface area contributed by atoms with E-state index in [9.17, 15) is 24.6 Å². The van der Waals surface area contributed by atoms with Gasteiger partial charge in [0, 0.05) is 18.9 Å².